The fourth-order valence-electron chi connectivity index (χ4n) is 1.93. The van der Waals surface area contributed by atoms with Gasteiger partial charge in [-0.1, -0.05) is 27.2 Å². The SMILES string of the molecule is CCC(C)C(C)C(=O)NC(CO)c1cc(F)c(F)c(F)c1. The Bertz CT molecular complexity index is 485. The number of hydrogen-bond acceptors (Lipinski definition) is 2. The van der Waals surface area contributed by atoms with Crippen molar-refractivity contribution < 1.29 is 23.1 Å². The summed E-state index contributed by atoms with van der Waals surface area (Å²) in [7, 11) is 0. The van der Waals surface area contributed by atoms with Gasteiger partial charge in [0.1, 0.15) is 0 Å². The lowest BCUT2D eigenvalue weighted by Crippen LogP contribution is -2.37. The smallest absolute Gasteiger partial charge is 0.223 e. The summed E-state index contributed by atoms with van der Waals surface area (Å²) in [6.07, 6.45) is 0.804. The molecule has 1 amide bonds. The summed E-state index contributed by atoms with van der Waals surface area (Å²) in [5.74, 6) is -4.78. The number of rotatable bonds is 6. The van der Waals surface area contributed by atoms with E-state index in [1.54, 1.807) is 6.92 Å². The molecule has 118 valence electrons. The minimum absolute atomic E-state index is 0.0152. The van der Waals surface area contributed by atoms with Gasteiger partial charge in [0.2, 0.25) is 5.91 Å². The summed E-state index contributed by atoms with van der Waals surface area (Å²) in [4.78, 5) is 12.0. The van der Waals surface area contributed by atoms with Crippen LogP contribution in [0.1, 0.15) is 38.8 Å². The first-order valence-electron chi connectivity index (χ1n) is 6.87. The highest BCUT2D eigenvalue weighted by Crippen LogP contribution is 2.21. The molecule has 3 nitrogen and oxygen atoms in total. The Labute approximate surface area is 122 Å². The second-order valence-electron chi connectivity index (χ2n) is 5.22. The topological polar surface area (TPSA) is 49.3 Å². The number of amides is 1. The van der Waals surface area contributed by atoms with E-state index < -0.39 is 30.1 Å². The highest BCUT2D eigenvalue weighted by Gasteiger charge is 2.23. The van der Waals surface area contributed by atoms with E-state index in [1.165, 1.54) is 0 Å². The van der Waals surface area contributed by atoms with Crippen LogP contribution in [0.2, 0.25) is 0 Å². The summed E-state index contributed by atoms with van der Waals surface area (Å²) in [5, 5.41) is 11.8. The Hall–Kier alpha value is -1.56. The largest absolute Gasteiger partial charge is 0.394 e. The molecule has 0 radical (unpaired) electrons. The van der Waals surface area contributed by atoms with E-state index in [2.05, 4.69) is 5.32 Å². The number of hydrogen-bond donors (Lipinski definition) is 2. The number of benzene rings is 1. The van der Waals surface area contributed by atoms with Crippen molar-refractivity contribution in [2.24, 2.45) is 11.8 Å². The second kappa shape index (κ2) is 7.45. The summed E-state index contributed by atoms with van der Waals surface area (Å²) in [6.45, 7) is 5.06. The molecule has 3 unspecified atom stereocenters. The average molecular weight is 303 g/mol. The fourth-order valence-corrected chi connectivity index (χ4v) is 1.93. The zero-order valence-corrected chi connectivity index (χ0v) is 12.3. The van der Waals surface area contributed by atoms with Crippen molar-refractivity contribution in [3.8, 4) is 0 Å². The highest BCUT2D eigenvalue weighted by atomic mass is 19.2. The van der Waals surface area contributed by atoms with E-state index in [1.807, 2.05) is 13.8 Å². The van der Waals surface area contributed by atoms with Crippen LogP contribution in [-0.2, 0) is 4.79 Å². The molecule has 0 bridgehead atoms. The Kier molecular flexibility index (Phi) is 6.20. The first-order valence-corrected chi connectivity index (χ1v) is 6.87. The van der Waals surface area contributed by atoms with E-state index in [0.29, 0.717) is 0 Å². The minimum Gasteiger partial charge on any atom is -0.394 e. The molecule has 6 heteroatoms. The standard InChI is InChI=1S/C15H20F3NO2/c1-4-8(2)9(3)15(21)19-13(7-20)10-5-11(16)14(18)12(17)6-10/h5-6,8-9,13,20H,4,7H2,1-3H3,(H,19,21). The number of halogens is 3. The van der Waals surface area contributed by atoms with Gasteiger partial charge in [-0.2, -0.15) is 0 Å². The molecule has 0 fully saturated rings. The number of carbonyl (C=O) groups is 1. The van der Waals surface area contributed by atoms with Crippen LogP contribution in [0, 0.1) is 29.3 Å². The quantitative estimate of drug-likeness (QED) is 0.794. The van der Waals surface area contributed by atoms with E-state index in [-0.39, 0.29) is 23.3 Å². The van der Waals surface area contributed by atoms with Gasteiger partial charge in [0.25, 0.3) is 0 Å². The molecule has 0 aromatic heterocycles. The zero-order chi connectivity index (χ0) is 16.2. The minimum atomic E-state index is -1.57. The molecule has 0 aliphatic carbocycles. The van der Waals surface area contributed by atoms with Crippen molar-refractivity contribution in [1.82, 2.24) is 5.32 Å². The van der Waals surface area contributed by atoms with Gasteiger partial charge < -0.3 is 10.4 Å². The van der Waals surface area contributed by atoms with E-state index in [4.69, 9.17) is 0 Å². The molecule has 21 heavy (non-hydrogen) atoms. The van der Waals surface area contributed by atoms with Crippen molar-refractivity contribution in [3.63, 3.8) is 0 Å². The van der Waals surface area contributed by atoms with Gasteiger partial charge >= 0.3 is 0 Å². The van der Waals surface area contributed by atoms with Crippen LogP contribution in [0.3, 0.4) is 0 Å². The summed E-state index contributed by atoms with van der Waals surface area (Å²) < 4.78 is 39.3. The van der Waals surface area contributed by atoms with Crippen molar-refractivity contribution in [2.45, 2.75) is 33.2 Å². The molecule has 0 spiro atoms. The summed E-state index contributed by atoms with van der Waals surface area (Å²) in [5.41, 5.74) is -0.0152. The molecule has 1 aromatic rings. The lowest BCUT2D eigenvalue weighted by atomic mass is 9.92. The molecule has 0 saturated heterocycles. The highest BCUT2D eigenvalue weighted by molar-refractivity contribution is 5.79. The normalized spacial score (nSPS) is 15.4. The fraction of sp³-hybridized carbons (Fsp3) is 0.533. The van der Waals surface area contributed by atoms with Crippen LogP contribution < -0.4 is 5.32 Å². The number of nitrogens with one attached hydrogen (secondary N) is 1. The van der Waals surface area contributed by atoms with Crippen molar-refractivity contribution in [3.05, 3.63) is 35.1 Å². The maximum atomic E-state index is 13.2. The molecule has 0 saturated carbocycles. The Morgan fingerprint density at radius 1 is 1.24 bits per heavy atom. The summed E-state index contributed by atoms with van der Waals surface area (Å²) in [6, 6.07) is 0.565. The monoisotopic (exact) mass is 303 g/mol. The summed E-state index contributed by atoms with van der Waals surface area (Å²) >= 11 is 0. The number of aliphatic hydroxyl groups is 1. The average Bonchev–Trinajstić information content (AvgIpc) is 2.47. The van der Waals surface area contributed by atoms with Crippen LogP contribution in [0.15, 0.2) is 12.1 Å². The predicted octanol–water partition coefficient (Wildman–Crippen LogP) is 2.94. The van der Waals surface area contributed by atoms with Crippen LogP contribution in [-0.4, -0.2) is 17.6 Å². The Morgan fingerprint density at radius 2 is 1.76 bits per heavy atom. The maximum absolute atomic E-state index is 13.2. The molecule has 1 rings (SSSR count). The number of aliphatic hydroxyl groups excluding tert-OH is 1. The molecule has 2 N–H and O–H groups in total. The van der Waals surface area contributed by atoms with Crippen LogP contribution in [0.25, 0.3) is 0 Å². The van der Waals surface area contributed by atoms with Crippen LogP contribution >= 0.6 is 0 Å². The maximum Gasteiger partial charge on any atom is 0.223 e. The predicted molar refractivity (Wildman–Crippen MR) is 72.9 cm³/mol. The van der Waals surface area contributed by atoms with Gasteiger partial charge in [-0.3, -0.25) is 4.79 Å². The van der Waals surface area contributed by atoms with Crippen molar-refractivity contribution in [2.75, 3.05) is 6.61 Å². The van der Waals surface area contributed by atoms with Gasteiger partial charge in [0.15, 0.2) is 17.5 Å². The second-order valence-corrected chi connectivity index (χ2v) is 5.22. The Morgan fingerprint density at radius 3 is 2.19 bits per heavy atom. The number of carbonyl (C=O) groups excluding carboxylic acids is 1. The van der Waals surface area contributed by atoms with E-state index in [9.17, 15) is 23.1 Å². The van der Waals surface area contributed by atoms with Crippen molar-refractivity contribution >= 4 is 5.91 Å². The lowest BCUT2D eigenvalue weighted by Gasteiger charge is -2.22. The third kappa shape index (κ3) is 4.20. The molecule has 0 heterocycles. The molecule has 0 aliphatic rings. The molecular weight excluding hydrogens is 283 g/mol. The van der Waals surface area contributed by atoms with Crippen LogP contribution in [0.4, 0.5) is 13.2 Å². The van der Waals surface area contributed by atoms with Gasteiger partial charge in [-0.15, -0.1) is 0 Å². The van der Waals surface area contributed by atoms with Gasteiger partial charge in [-0.25, -0.2) is 13.2 Å². The molecule has 1 aromatic carbocycles. The molecule has 0 aliphatic heterocycles. The zero-order valence-electron chi connectivity index (χ0n) is 12.3. The third-order valence-corrected chi connectivity index (χ3v) is 3.82. The van der Waals surface area contributed by atoms with E-state index in [0.717, 1.165) is 18.6 Å². The van der Waals surface area contributed by atoms with E-state index >= 15 is 0 Å². The lowest BCUT2D eigenvalue weighted by molar-refractivity contribution is -0.127. The first-order chi connectivity index (χ1) is 9.81. The molecule has 3 atom stereocenters. The van der Waals surface area contributed by atoms with Gasteiger partial charge in [0.05, 0.1) is 12.6 Å². The van der Waals surface area contributed by atoms with Crippen LogP contribution in [0.5, 0.6) is 0 Å². The van der Waals surface area contributed by atoms with Crippen molar-refractivity contribution in [1.29, 1.82) is 0 Å². The van der Waals surface area contributed by atoms with Gasteiger partial charge in [-0.05, 0) is 23.6 Å². The Balaban J connectivity index is 2.92. The van der Waals surface area contributed by atoms with Gasteiger partial charge in [0, 0.05) is 5.92 Å². The molecular formula is C15H20F3NO2. The third-order valence-electron chi connectivity index (χ3n) is 3.82. The first kappa shape index (κ1) is 17.5.